The van der Waals surface area contributed by atoms with Crippen molar-refractivity contribution < 1.29 is 57.6 Å². The Balaban J connectivity index is 1.44. The molecule has 1 heterocycles. The van der Waals surface area contributed by atoms with Crippen molar-refractivity contribution in [3.63, 3.8) is 0 Å². The van der Waals surface area contributed by atoms with E-state index in [1.807, 2.05) is 6.07 Å². The third kappa shape index (κ3) is 10.1. The molecule has 1 saturated carbocycles. The number of nitro benzene ring substituents is 1. The zero-order valence-corrected chi connectivity index (χ0v) is 36.9. The lowest BCUT2D eigenvalue weighted by molar-refractivity contribution is -0.384. The normalized spacial score (nSPS) is 22.2. The molecule has 16 heteroatoms. The summed E-state index contributed by atoms with van der Waals surface area (Å²) in [6.45, 7) is 3.90. The Morgan fingerprint density at radius 2 is 1.67 bits per heavy atom. The van der Waals surface area contributed by atoms with Crippen molar-refractivity contribution in [3.05, 3.63) is 142 Å². The summed E-state index contributed by atoms with van der Waals surface area (Å²) in [6, 6.07) is 20.3. The average molecular weight is 908 g/mol. The van der Waals surface area contributed by atoms with Crippen molar-refractivity contribution in [1.29, 1.82) is 0 Å². The number of amides is 1. The molecule has 2 aliphatic carbocycles. The highest BCUT2D eigenvalue weighted by atomic mass is 19.1. The zero-order valence-electron chi connectivity index (χ0n) is 36.9. The first kappa shape index (κ1) is 47.3. The van der Waals surface area contributed by atoms with Crippen LogP contribution in [0.2, 0.25) is 0 Å². The molecule has 0 spiro atoms. The average Bonchev–Trinajstić information content (AvgIpc) is 3.32. The Bertz CT molecular complexity index is 2430. The maximum Gasteiger partial charge on any atom is 0.416 e. The number of halogens is 1. The summed E-state index contributed by atoms with van der Waals surface area (Å²) in [5.74, 6) is -1.58. The number of aliphatic hydroxyl groups excluding tert-OH is 2. The first-order valence-corrected chi connectivity index (χ1v) is 22.0. The summed E-state index contributed by atoms with van der Waals surface area (Å²) in [7, 11) is 2.93. The van der Waals surface area contributed by atoms with E-state index in [0.717, 1.165) is 24.0 Å². The Labute approximate surface area is 382 Å². The number of aldehydes is 1. The van der Waals surface area contributed by atoms with Gasteiger partial charge in [0, 0.05) is 49.8 Å². The number of aliphatic hydroxyl groups is 2. The number of hydrogen-bond donors (Lipinski definition) is 2. The van der Waals surface area contributed by atoms with Crippen LogP contribution in [0.25, 0.3) is 0 Å². The van der Waals surface area contributed by atoms with Gasteiger partial charge in [0.2, 0.25) is 5.79 Å². The molecule has 0 bridgehead atoms. The number of carbonyl (C=O) groups is 2. The maximum absolute atomic E-state index is 14.9. The molecule has 4 aromatic rings. The van der Waals surface area contributed by atoms with Gasteiger partial charge in [0.15, 0.2) is 6.29 Å². The van der Waals surface area contributed by atoms with E-state index in [9.17, 15) is 34.3 Å². The number of ether oxygens (including phenoxy) is 5. The summed E-state index contributed by atoms with van der Waals surface area (Å²) >= 11 is 0. The topological polar surface area (TPSA) is 189 Å². The summed E-state index contributed by atoms with van der Waals surface area (Å²) < 4.78 is 46.4. The molecule has 7 rings (SSSR count). The molecule has 2 N–H and O–H groups in total. The summed E-state index contributed by atoms with van der Waals surface area (Å²) in [4.78, 5) is 44.8. The van der Waals surface area contributed by atoms with Crippen molar-refractivity contribution in [2.45, 2.75) is 69.2 Å². The van der Waals surface area contributed by atoms with Crippen LogP contribution in [0.1, 0.15) is 72.3 Å². The van der Waals surface area contributed by atoms with E-state index >= 15 is 0 Å². The zero-order chi connectivity index (χ0) is 46.8. The Morgan fingerprint density at radius 3 is 2.33 bits per heavy atom. The molecular formula is C50H54FN3O12. The van der Waals surface area contributed by atoms with Gasteiger partial charge >= 0.3 is 6.09 Å². The number of non-ortho nitro benzene ring substituents is 1. The van der Waals surface area contributed by atoms with Gasteiger partial charge in [0.25, 0.3) is 5.69 Å². The van der Waals surface area contributed by atoms with Gasteiger partial charge in [-0.1, -0.05) is 42.3 Å². The molecule has 4 aromatic carbocycles. The van der Waals surface area contributed by atoms with Gasteiger partial charge in [0.05, 0.1) is 35.8 Å². The molecule has 1 aliphatic heterocycles. The predicted octanol–water partition coefficient (Wildman–Crippen LogP) is 9.31. The van der Waals surface area contributed by atoms with E-state index in [0.29, 0.717) is 71.8 Å². The van der Waals surface area contributed by atoms with Gasteiger partial charge in [0.1, 0.15) is 47.7 Å². The second-order valence-corrected chi connectivity index (χ2v) is 16.5. The fraction of sp³-hybridized carbons (Fsp3) is 0.380. The Morgan fingerprint density at radius 1 is 0.970 bits per heavy atom. The molecule has 1 fully saturated rings. The van der Waals surface area contributed by atoms with E-state index < -0.39 is 40.5 Å². The van der Waals surface area contributed by atoms with Gasteiger partial charge in [-0.15, -0.1) is 6.58 Å². The van der Waals surface area contributed by atoms with E-state index in [1.54, 1.807) is 48.5 Å². The highest BCUT2D eigenvalue weighted by molar-refractivity contribution is 6.03. The molecule has 0 saturated heterocycles. The minimum absolute atomic E-state index is 0.00624. The number of carbonyl (C=O) groups excluding carboxylic acids is 2. The summed E-state index contributed by atoms with van der Waals surface area (Å²) in [5.41, 5.74) is 2.80. The molecular weight excluding hydrogens is 854 g/mol. The quantitative estimate of drug-likeness (QED) is 0.0266. The van der Waals surface area contributed by atoms with Crippen LogP contribution in [0.5, 0.6) is 28.7 Å². The summed E-state index contributed by atoms with van der Waals surface area (Å²) in [5, 5.41) is 35.9. The standard InChI is InChI=1S/C50H54FN3O12/c1-4-25-63-50-46(53(30-32-11-13-35(51)14-12-32)49(58)65-37-17-15-36(16-18-37)54(59)60)29-43(52-62-3)41-27-33(9-5-7-23-55)40(10-6-8-24-56)47(48(41)50)42-28-39(20-22-45(42)66-50)64-38-19-21-44(61-2)34(26-38)31-57/h4,11-22,26-28,31,33,40,46-48,55-56H,1,5-10,23-25,29-30H2,2-3H3/t33-,40+,46-,47+,48+,50+/m0/s1. The number of hydrogen-bond acceptors (Lipinski definition) is 13. The Kier molecular flexibility index (Phi) is 15.5. The van der Waals surface area contributed by atoms with Gasteiger partial charge in [-0.3, -0.25) is 19.8 Å². The number of nitro groups is 1. The first-order valence-electron chi connectivity index (χ1n) is 22.0. The highest BCUT2D eigenvalue weighted by Crippen LogP contribution is 2.62. The number of fused-ring (bicyclic) bond motifs is 2. The number of methoxy groups -OCH3 is 1. The largest absolute Gasteiger partial charge is 0.496 e. The number of rotatable bonds is 21. The molecule has 0 aromatic heterocycles. The first-order chi connectivity index (χ1) is 32.1. The molecule has 1 amide bonds. The molecule has 15 nitrogen and oxygen atoms in total. The third-order valence-electron chi connectivity index (χ3n) is 12.5. The lowest BCUT2D eigenvalue weighted by atomic mass is 9.55. The molecule has 66 heavy (non-hydrogen) atoms. The van der Waals surface area contributed by atoms with E-state index in [4.69, 9.17) is 28.5 Å². The van der Waals surface area contributed by atoms with E-state index in [-0.39, 0.29) is 56.1 Å². The molecule has 0 radical (unpaired) electrons. The van der Waals surface area contributed by atoms with Gasteiger partial charge in [-0.25, -0.2) is 9.18 Å². The SMILES string of the molecule is C=CCO[C@@]12Oc3ccc(Oc4ccc(OC)c(C=O)c4)cc3[C@H]3[C@H](CCCCO)[C@@H](CCCCO)C=C(C(=NOC)C[C@@H]1N(Cc1ccc(F)cc1)C(=O)Oc1ccc([N+](=O)[O-])cc1)[C@H]32. The fourth-order valence-electron chi connectivity index (χ4n) is 9.71. The number of benzene rings is 4. The number of nitrogens with zero attached hydrogens (tertiary/aromatic N) is 3. The van der Waals surface area contributed by atoms with Gasteiger partial charge in [-0.2, -0.15) is 0 Å². The van der Waals surface area contributed by atoms with Crippen LogP contribution in [0.15, 0.2) is 114 Å². The van der Waals surface area contributed by atoms with Gasteiger partial charge < -0.3 is 38.7 Å². The van der Waals surface area contributed by atoms with Crippen LogP contribution in [-0.4, -0.2) is 84.0 Å². The van der Waals surface area contributed by atoms with Crippen molar-refractivity contribution in [2.24, 2.45) is 22.9 Å². The monoisotopic (exact) mass is 907 g/mol. The van der Waals surface area contributed by atoms with Crippen LogP contribution in [0, 0.1) is 33.7 Å². The minimum atomic E-state index is -1.67. The number of unbranched alkanes of at least 4 members (excludes halogenated alkanes) is 2. The molecule has 3 aliphatic rings. The van der Waals surface area contributed by atoms with Crippen molar-refractivity contribution in [1.82, 2.24) is 4.90 Å². The third-order valence-corrected chi connectivity index (χ3v) is 12.5. The van der Waals surface area contributed by atoms with Crippen LogP contribution in [0.4, 0.5) is 14.9 Å². The second-order valence-electron chi connectivity index (χ2n) is 16.5. The molecule has 348 valence electrons. The number of oxime groups is 1. The van der Waals surface area contributed by atoms with Crippen molar-refractivity contribution in [2.75, 3.05) is 34.0 Å². The van der Waals surface area contributed by atoms with Crippen molar-refractivity contribution in [3.8, 4) is 28.7 Å². The van der Waals surface area contributed by atoms with Gasteiger partial charge in [-0.05, 0) is 109 Å². The van der Waals surface area contributed by atoms with Crippen LogP contribution < -0.4 is 18.9 Å². The van der Waals surface area contributed by atoms with Crippen LogP contribution in [-0.2, 0) is 16.1 Å². The van der Waals surface area contributed by atoms with E-state index in [2.05, 4.69) is 17.8 Å². The maximum atomic E-state index is 14.9. The van der Waals surface area contributed by atoms with Crippen molar-refractivity contribution >= 4 is 23.8 Å². The minimum Gasteiger partial charge on any atom is -0.496 e. The molecule has 0 unspecified atom stereocenters. The van der Waals surface area contributed by atoms with Crippen LogP contribution in [0.3, 0.4) is 0 Å². The number of allylic oxidation sites excluding steroid dienone is 1. The van der Waals surface area contributed by atoms with E-state index in [1.165, 1.54) is 55.5 Å². The lowest BCUT2D eigenvalue weighted by Crippen LogP contribution is -2.70. The second kappa shape index (κ2) is 21.6. The lowest BCUT2D eigenvalue weighted by Gasteiger charge is -2.59. The smallest absolute Gasteiger partial charge is 0.416 e. The predicted molar refractivity (Wildman–Crippen MR) is 241 cm³/mol. The molecule has 6 atom stereocenters. The van der Waals surface area contributed by atoms with Crippen LogP contribution >= 0.6 is 0 Å². The Hall–Kier alpha value is -6.62. The summed E-state index contributed by atoms with van der Waals surface area (Å²) in [6.07, 6.45) is 7.70. The highest BCUT2D eigenvalue weighted by Gasteiger charge is 2.65. The fourth-order valence-corrected chi connectivity index (χ4v) is 9.71.